The van der Waals surface area contributed by atoms with Crippen molar-refractivity contribution in [3.63, 3.8) is 0 Å². The molecule has 2 N–H and O–H groups in total. The summed E-state index contributed by atoms with van der Waals surface area (Å²) in [6.45, 7) is -0.899. The van der Waals surface area contributed by atoms with Crippen LogP contribution in [0.2, 0.25) is 0 Å². The molecule has 0 bridgehead atoms. The Morgan fingerprint density at radius 1 is 1.32 bits per heavy atom. The molecule has 102 valence electrons. The molecule has 2 heterocycles. The number of benzene rings is 1. The second kappa shape index (κ2) is 4.70. The highest BCUT2D eigenvalue weighted by Gasteiger charge is 2.47. The predicted molar refractivity (Wildman–Crippen MR) is 67.7 cm³/mol. The van der Waals surface area contributed by atoms with E-state index in [2.05, 4.69) is 15.0 Å². The molecule has 0 spiro atoms. The van der Waals surface area contributed by atoms with Crippen LogP contribution in [0.3, 0.4) is 0 Å². The van der Waals surface area contributed by atoms with Crippen LogP contribution in [0.1, 0.15) is 11.6 Å². The molecule has 1 aromatic heterocycles. The molecule has 1 aromatic carbocycles. The highest BCUT2D eigenvalue weighted by atomic mass is 35.5. The topological polar surface area (TPSA) is 54.1 Å². The molecule has 1 atom stereocenters. The standard InChI is InChI=1S/C12H10F2N2O2.ClH/c13-12(14)6-18-11(17)16-10(12)8-2-1-3-9-7(8)4-5-15-9;/h1-5,10,15H,6H2,(H,16,17);1H/t10-;/m1./s1. The summed E-state index contributed by atoms with van der Waals surface area (Å²) in [6.07, 6.45) is 0.853. The van der Waals surface area contributed by atoms with Gasteiger partial charge in [0.1, 0.15) is 6.04 Å². The lowest BCUT2D eigenvalue weighted by Crippen LogP contribution is -2.49. The third kappa shape index (κ3) is 2.23. The fourth-order valence-corrected chi connectivity index (χ4v) is 2.18. The fourth-order valence-electron chi connectivity index (χ4n) is 2.18. The molecule has 1 fully saturated rings. The van der Waals surface area contributed by atoms with E-state index in [0.717, 1.165) is 5.52 Å². The van der Waals surface area contributed by atoms with E-state index >= 15 is 0 Å². The van der Waals surface area contributed by atoms with E-state index < -0.39 is 24.7 Å². The van der Waals surface area contributed by atoms with Crippen molar-refractivity contribution < 1.29 is 18.3 Å². The first-order valence-corrected chi connectivity index (χ1v) is 5.45. The Hall–Kier alpha value is -1.82. The van der Waals surface area contributed by atoms with Gasteiger partial charge in [-0.1, -0.05) is 12.1 Å². The summed E-state index contributed by atoms with van der Waals surface area (Å²) in [6, 6.07) is 5.39. The predicted octanol–water partition coefficient (Wildman–Crippen LogP) is 3.01. The lowest BCUT2D eigenvalue weighted by atomic mass is 9.97. The van der Waals surface area contributed by atoms with Crippen molar-refractivity contribution in [3.05, 3.63) is 36.0 Å². The molecule has 0 unspecified atom stereocenters. The van der Waals surface area contributed by atoms with Gasteiger partial charge in [0, 0.05) is 17.1 Å². The third-order valence-electron chi connectivity index (χ3n) is 3.02. The van der Waals surface area contributed by atoms with Crippen LogP contribution < -0.4 is 5.32 Å². The Bertz CT molecular complexity index is 615. The number of cyclic esters (lactones) is 1. The Labute approximate surface area is 113 Å². The lowest BCUT2D eigenvalue weighted by molar-refractivity contribution is -0.103. The molecular formula is C12H11ClF2N2O2. The summed E-state index contributed by atoms with van der Waals surface area (Å²) in [7, 11) is 0. The average Bonchev–Trinajstić information content (AvgIpc) is 2.80. The van der Waals surface area contributed by atoms with Gasteiger partial charge in [0.2, 0.25) is 0 Å². The number of ether oxygens (including phenoxy) is 1. The molecule has 19 heavy (non-hydrogen) atoms. The molecule has 0 saturated carbocycles. The Morgan fingerprint density at radius 2 is 2.11 bits per heavy atom. The maximum atomic E-state index is 13.8. The van der Waals surface area contributed by atoms with Gasteiger partial charge in [0.25, 0.3) is 0 Å². The van der Waals surface area contributed by atoms with Gasteiger partial charge < -0.3 is 15.0 Å². The SMILES string of the molecule is Cl.O=C1N[C@H](c2cccc3[nH]ccc23)C(F)(F)CO1. The number of aromatic nitrogens is 1. The zero-order valence-corrected chi connectivity index (χ0v) is 10.5. The normalized spacial score (nSPS) is 21.4. The quantitative estimate of drug-likeness (QED) is 0.847. The molecule has 2 aromatic rings. The third-order valence-corrected chi connectivity index (χ3v) is 3.02. The highest BCUT2D eigenvalue weighted by Crippen LogP contribution is 2.37. The van der Waals surface area contributed by atoms with Crippen LogP contribution in [0, 0.1) is 0 Å². The molecule has 1 aliphatic rings. The Kier molecular flexibility index (Phi) is 3.36. The number of halogens is 3. The summed E-state index contributed by atoms with van der Waals surface area (Å²) in [4.78, 5) is 14.1. The Morgan fingerprint density at radius 3 is 2.89 bits per heavy atom. The Balaban J connectivity index is 0.00000133. The van der Waals surface area contributed by atoms with Crippen LogP contribution in [0.25, 0.3) is 10.9 Å². The molecule has 3 rings (SSSR count). The summed E-state index contributed by atoms with van der Waals surface area (Å²) in [5.74, 6) is -3.13. The van der Waals surface area contributed by atoms with Gasteiger partial charge in [0.15, 0.2) is 6.61 Å². The van der Waals surface area contributed by atoms with E-state index in [1.54, 1.807) is 30.5 Å². The van der Waals surface area contributed by atoms with Crippen LogP contribution in [0.15, 0.2) is 30.5 Å². The smallest absolute Gasteiger partial charge is 0.408 e. The number of alkyl carbamates (subject to hydrolysis) is 1. The maximum absolute atomic E-state index is 13.8. The first kappa shape index (κ1) is 13.6. The van der Waals surface area contributed by atoms with Crippen LogP contribution in [-0.4, -0.2) is 23.6 Å². The first-order chi connectivity index (χ1) is 8.58. The number of alkyl halides is 2. The van der Waals surface area contributed by atoms with Crippen LogP contribution in [0.5, 0.6) is 0 Å². The minimum atomic E-state index is -3.13. The molecule has 1 aliphatic heterocycles. The number of carbonyl (C=O) groups excluding carboxylic acids is 1. The van der Waals surface area contributed by atoms with Crippen molar-refractivity contribution in [2.75, 3.05) is 6.61 Å². The van der Waals surface area contributed by atoms with Crippen molar-refractivity contribution in [1.82, 2.24) is 10.3 Å². The van der Waals surface area contributed by atoms with Crippen molar-refractivity contribution >= 4 is 29.4 Å². The molecule has 7 heteroatoms. The van der Waals surface area contributed by atoms with E-state index in [9.17, 15) is 13.6 Å². The second-order valence-electron chi connectivity index (χ2n) is 4.20. The zero-order chi connectivity index (χ0) is 12.8. The van der Waals surface area contributed by atoms with E-state index in [1.807, 2.05) is 0 Å². The van der Waals surface area contributed by atoms with Crippen LogP contribution in [0.4, 0.5) is 13.6 Å². The summed E-state index contributed by atoms with van der Waals surface area (Å²) >= 11 is 0. The van der Waals surface area contributed by atoms with Gasteiger partial charge in [-0.15, -0.1) is 12.4 Å². The molecular weight excluding hydrogens is 278 g/mol. The van der Waals surface area contributed by atoms with Gasteiger partial charge in [0.05, 0.1) is 0 Å². The summed E-state index contributed by atoms with van der Waals surface area (Å²) < 4.78 is 32.0. The van der Waals surface area contributed by atoms with E-state index in [-0.39, 0.29) is 12.4 Å². The fraction of sp³-hybridized carbons (Fsp3) is 0.250. The molecule has 0 aliphatic carbocycles. The largest absolute Gasteiger partial charge is 0.443 e. The van der Waals surface area contributed by atoms with Crippen molar-refractivity contribution in [2.24, 2.45) is 0 Å². The number of carbonyl (C=O) groups is 1. The summed E-state index contributed by atoms with van der Waals surface area (Å²) in [5, 5.41) is 2.85. The molecule has 1 saturated heterocycles. The van der Waals surface area contributed by atoms with E-state index in [4.69, 9.17) is 0 Å². The zero-order valence-electron chi connectivity index (χ0n) is 9.65. The highest BCUT2D eigenvalue weighted by molar-refractivity contribution is 5.85. The number of fused-ring (bicyclic) bond motifs is 1. The van der Waals surface area contributed by atoms with Gasteiger partial charge in [-0.05, 0) is 17.7 Å². The number of amides is 1. The average molecular weight is 289 g/mol. The second-order valence-corrected chi connectivity index (χ2v) is 4.20. The van der Waals surface area contributed by atoms with E-state index in [0.29, 0.717) is 10.9 Å². The summed E-state index contributed by atoms with van der Waals surface area (Å²) in [5.41, 5.74) is 1.14. The molecule has 4 nitrogen and oxygen atoms in total. The van der Waals surface area contributed by atoms with Crippen molar-refractivity contribution in [2.45, 2.75) is 12.0 Å². The van der Waals surface area contributed by atoms with Gasteiger partial charge in [-0.25, -0.2) is 13.6 Å². The first-order valence-electron chi connectivity index (χ1n) is 5.45. The number of aromatic amines is 1. The van der Waals surface area contributed by atoms with Gasteiger partial charge >= 0.3 is 12.0 Å². The van der Waals surface area contributed by atoms with Crippen LogP contribution in [-0.2, 0) is 4.74 Å². The van der Waals surface area contributed by atoms with Crippen molar-refractivity contribution in [3.8, 4) is 0 Å². The monoisotopic (exact) mass is 288 g/mol. The molecule has 0 radical (unpaired) electrons. The van der Waals surface area contributed by atoms with Gasteiger partial charge in [-0.2, -0.15) is 0 Å². The molecule has 1 amide bonds. The number of H-pyrrole nitrogens is 1. The number of hydrogen-bond donors (Lipinski definition) is 2. The number of rotatable bonds is 1. The van der Waals surface area contributed by atoms with E-state index in [1.165, 1.54) is 0 Å². The van der Waals surface area contributed by atoms with Gasteiger partial charge in [-0.3, -0.25) is 0 Å². The van der Waals surface area contributed by atoms with Crippen LogP contribution >= 0.6 is 12.4 Å². The minimum Gasteiger partial charge on any atom is -0.443 e. The van der Waals surface area contributed by atoms with Crippen molar-refractivity contribution in [1.29, 1.82) is 0 Å². The maximum Gasteiger partial charge on any atom is 0.408 e. The minimum absolute atomic E-state index is 0. The lowest BCUT2D eigenvalue weighted by Gasteiger charge is -2.32. The number of nitrogens with one attached hydrogen (secondary N) is 2. The number of hydrogen-bond acceptors (Lipinski definition) is 2.